The highest BCUT2D eigenvalue weighted by Gasteiger charge is 2.17. The summed E-state index contributed by atoms with van der Waals surface area (Å²) in [7, 11) is 0. The van der Waals surface area contributed by atoms with E-state index in [0.29, 0.717) is 15.6 Å². The fourth-order valence-corrected chi connectivity index (χ4v) is 4.19. The third-order valence-electron chi connectivity index (χ3n) is 4.82. The first-order valence-corrected chi connectivity index (χ1v) is 10.3. The van der Waals surface area contributed by atoms with E-state index in [-0.39, 0.29) is 11.7 Å². The lowest BCUT2D eigenvalue weighted by molar-refractivity contribution is 0.0342. The van der Waals surface area contributed by atoms with Crippen LogP contribution < -0.4 is 5.32 Å². The van der Waals surface area contributed by atoms with Crippen molar-refractivity contribution in [1.82, 2.24) is 9.88 Å². The number of morpholine rings is 1. The normalized spacial score (nSPS) is 14.7. The Kier molecular flexibility index (Phi) is 5.99. The van der Waals surface area contributed by atoms with Gasteiger partial charge in [-0.05, 0) is 48.9 Å². The van der Waals surface area contributed by atoms with E-state index in [0.717, 1.165) is 44.1 Å². The number of halogens is 1. The molecular formula is C22H22FN3O2S. The zero-order valence-corrected chi connectivity index (χ0v) is 17.0. The molecule has 2 aromatic carbocycles. The highest BCUT2D eigenvalue weighted by atomic mass is 32.1. The average molecular weight is 412 g/mol. The zero-order chi connectivity index (χ0) is 20.2. The number of ether oxygens (including phenoxy) is 1. The van der Waals surface area contributed by atoms with Gasteiger partial charge in [-0.2, -0.15) is 0 Å². The van der Waals surface area contributed by atoms with Crippen LogP contribution in [0.1, 0.15) is 20.9 Å². The van der Waals surface area contributed by atoms with Gasteiger partial charge in [-0.1, -0.05) is 12.1 Å². The number of hydrogen-bond donors (Lipinski definition) is 1. The van der Waals surface area contributed by atoms with E-state index in [9.17, 15) is 9.18 Å². The Labute approximate surface area is 173 Å². The Hall–Kier alpha value is -2.61. The maximum atomic E-state index is 13.1. The molecular weight excluding hydrogens is 389 g/mol. The topological polar surface area (TPSA) is 54.5 Å². The molecule has 1 amide bonds. The molecule has 1 aliphatic rings. The molecule has 0 atom stereocenters. The molecule has 1 saturated heterocycles. The fraction of sp³-hybridized carbons (Fsp3) is 0.273. The lowest BCUT2D eigenvalue weighted by Gasteiger charge is -2.26. The Morgan fingerprint density at radius 2 is 1.83 bits per heavy atom. The second-order valence-corrected chi connectivity index (χ2v) is 7.98. The van der Waals surface area contributed by atoms with E-state index in [2.05, 4.69) is 15.2 Å². The summed E-state index contributed by atoms with van der Waals surface area (Å²) < 4.78 is 18.5. The fourth-order valence-electron chi connectivity index (χ4n) is 3.22. The van der Waals surface area contributed by atoms with Crippen LogP contribution in [0.25, 0.3) is 10.6 Å². The number of carbonyl (C=O) groups is 1. The van der Waals surface area contributed by atoms with Gasteiger partial charge in [0.1, 0.15) is 15.7 Å². The summed E-state index contributed by atoms with van der Waals surface area (Å²) in [6, 6.07) is 14.0. The molecule has 2 heterocycles. The maximum Gasteiger partial charge on any atom is 0.267 e. The van der Waals surface area contributed by atoms with E-state index in [1.807, 2.05) is 31.2 Å². The van der Waals surface area contributed by atoms with Crippen molar-refractivity contribution in [1.29, 1.82) is 0 Å². The maximum absolute atomic E-state index is 13.1. The van der Waals surface area contributed by atoms with Gasteiger partial charge in [-0.3, -0.25) is 9.69 Å². The van der Waals surface area contributed by atoms with E-state index in [1.165, 1.54) is 29.0 Å². The van der Waals surface area contributed by atoms with Crippen LogP contribution in [-0.2, 0) is 11.3 Å². The van der Waals surface area contributed by atoms with Gasteiger partial charge < -0.3 is 10.1 Å². The van der Waals surface area contributed by atoms with Gasteiger partial charge in [0.25, 0.3) is 5.91 Å². The van der Waals surface area contributed by atoms with Crippen molar-refractivity contribution in [2.24, 2.45) is 0 Å². The number of amides is 1. The van der Waals surface area contributed by atoms with Crippen LogP contribution >= 0.6 is 11.3 Å². The number of benzene rings is 2. The van der Waals surface area contributed by atoms with Gasteiger partial charge in [0.05, 0.1) is 18.9 Å². The number of aryl methyl sites for hydroxylation is 1. The van der Waals surface area contributed by atoms with Crippen LogP contribution in [-0.4, -0.2) is 42.1 Å². The molecule has 0 unspecified atom stereocenters. The van der Waals surface area contributed by atoms with Crippen molar-refractivity contribution in [2.45, 2.75) is 13.5 Å². The second-order valence-electron chi connectivity index (χ2n) is 6.98. The standard InChI is InChI=1S/C22H22FN3O2S/c1-15-20(29-22(24-15)17-4-6-18(23)7-5-17)21(27)25-19-8-2-16(3-9-19)14-26-10-12-28-13-11-26/h2-9H,10-14H2,1H3,(H,25,27). The van der Waals surface area contributed by atoms with Crippen LogP contribution in [0.4, 0.5) is 10.1 Å². The number of thiazole rings is 1. The van der Waals surface area contributed by atoms with E-state index in [1.54, 1.807) is 12.1 Å². The van der Waals surface area contributed by atoms with E-state index >= 15 is 0 Å². The zero-order valence-electron chi connectivity index (χ0n) is 16.2. The van der Waals surface area contributed by atoms with Gasteiger partial charge in [-0.15, -0.1) is 11.3 Å². The van der Waals surface area contributed by atoms with Crippen molar-refractivity contribution < 1.29 is 13.9 Å². The molecule has 0 radical (unpaired) electrons. The van der Waals surface area contributed by atoms with Gasteiger partial charge in [0, 0.05) is 30.9 Å². The summed E-state index contributed by atoms with van der Waals surface area (Å²) in [5.74, 6) is -0.480. The number of anilines is 1. The predicted molar refractivity (Wildman–Crippen MR) is 113 cm³/mol. The van der Waals surface area contributed by atoms with Crippen molar-refractivity contribution in [3.8, 4) is 10.6 Å². The summed E-state index contributed by atoms with van der Waals surface area (Å²) >= 11 is 1.31. The minimum absolute atomic E-state index is 0.186. The minimum Gasteiger partial charge on any atom is -0.379 e. The monoisotopic (exact) mass is 411 g/mol. The molecule has 7 heteroatoms. The van der Waals surface area contributed by atoms with Gasteiger partial charge >= 0.3 is 0 Å². The molecule has 0 saturated carbocycles. The van der Waals surface area contributed by atoms with Crippen molar-refractivity contribution >= 4 is 22.9 Å². The summed E-state index contributed by atoms with van der Waals surface area (Å²) in [5.41, 5.74) is 3.41. The predicted octanol–water partition coefficient (Wildman–Crippen LogP) is 4.34. The van der Waals surface area contributed by atoms with Crippen LogP contribution in [0.15, 0.2) is 48.5 Å². The molecule has 4 rings (SSSR count). The molecule has 1 fully saturated rings. The first kappa shape index (κ1) is 19.7. The van der Waals surface area contributed by atoms with Crippen LogP contribution in [0.5, 0.6) is 0 Å². The summed E-state index contributed by atoms with van der Waals surface area (Å²) in [6.07, 6.45) is 0. The molecule has 1 N–H and O–H groups in total. The molecule has 3 aromatic rings. The molecule has 5 nitrogen and oxygen atoms in total. The van der Waals surface area contributed by atoms with Crippen molar-refractivity contribution in [3.05, 3.63) is 70.5 Å². The molecule has 0 aliphatic carbocycles. The van der Waals surface area contributed by atoms with Gasteiger partial charge in [-0.25, -0.2) is 9.37 Å². The second kappa shape index (κ2) is 8.82. The molecule has 1 aliphatic heterocycles. The van der Waals surface area contributed by atoms with Gasteiger partial charge in [0.15, 0.2) is 0 Å². The molecule has 0 bridgehead atoms. The SMILES string of the molecule is Cc1nc(-c2ccc(F)cc2)sc1C(=O)Nc1ccc(CN2CCOCC2)cc1. The minimum atomic E-state index is -0.294. The number of rotatable bonds is 5. The Bertz CT molecular complexity index is 980. The third-order valence-corrected chi connectivity index (χ3v) is 6.02. The largest absolute Gasteiger partial charge is 0.379 e. The summed E-state index contributed by atoms with van der Waals surface area (Å²) in [4.78, 5) is 20.1. The average Bonchev–Trinajstić information content (AvgIpc) is 3.12. The molecule has 150 valence electrons. The number of nitrogens with zero attached hydrogens (tertiary/aromatic N) is 2. The Balaban J connectivity index is 1.42. The van der Waals surface area contributed by atoms with Crippen LogP contribution in [0.2, 0.25) is 0 Å². The smallest absolute Gasteiger partial charge is 0.267 e. The Morgan fingerprint density at radius 3 is 2.52 bits per heavy atom. The first-order valence-electron chi connectivity index (χ1n) is 9.52. The Morgan fingerprint density at radius 1 is 1.14 bits per heavy atom. The van der Waals surface area contributed by atoms with E-state index in [4.69, 9.17) is 4.74 Å². The van der Waals surface area contributed by atoms with Gasteiger partial charge in [0.2, 0.25) is 0 Å². The highest BCUT2D eigenvalue weighted by Crippen LogP contribution is 2.28. The number of carbonyl (C=O) groups excluding carboxylic acids is 1. The van der Waals surface area contributed by atoms with Crippen LogP contribution in [0, 0.1) is 12.7 Å². The van der Waals surface area contributed by atoms with Crippen LogP contribution in [0.3, 0.4) is 0 Å². The van der Waals surface area contributed by atoms with Crippen molar-refractivity contribution in [3.63, 3.8) is 0 Å². The molecule has 29 heavy (non-hydrogen) atoms. The summed E-state index contributed by atoms with van der Waals surface area (Å²) in [6.45, 7) is 6.14. The summed E-state index contributed by atoms with van der Waals surface area (Å²) in [5, 5.41) is 3.64. The van der Waals surface area contributed by atoms with Crippen molar-refractivity contribution in [2.75, 3.05) is 31.6 Å². The highest BCUT2D eigenvalue weighted by molar-refractivity contribution is 7.17. The first-order chi connectivity index (χ1) is 14.1. The lowest BCUT2D eigenvalue weighted by atomic mass is 10.2. The molecule has 0 spiro atoms. The quantitative estimate of drug-likeness (QED) is 0.679. The van der Waals surface area contributed by atoms with E-state index < -0.39 is 0 Å². The lowest BCUT2D eigenvalue weighted by Crippen LogP contribution is -2.35. The third kappa shape index (κ3) is 4.87. The number of nitrogens with one attached hydrogen (secondary N) is 1. The number of aromatic nitrogens is 1. The number of hydrogen-bond acceptors (Lipinski definition) is 5. The molecule has 1 aromatic heterocycles.